The first-order chi connectivity index (χ1) is 11.2. The highest BCUT2D eigenvalue weighted by molar-refractivity contribution is 5.70. The maximum atomic E-state index is 5.34. The van der Waals surface area contributed by atoms with Crippen molar-refractivity contribution in [2.75, 3.05) is 23.3 Å². The van der Waals surface area contributed by atoms with E-state index < -0.39 is 0 Å². The molecule has 5 heteroatoms. The highest BCUT2D eigenvalue weighted by atomic mass is 16.5. The number of nitrogens with zero attached hydrogens (tertiary/aromatic N) is 3. The summed E-state index contributed by atoms with van der Waals surface area (Å²) >= 11 is 0. The number of nitrogens with one attached hydrogen (secondary N) is 1. The van der Waals surface area contributed by atoms with E-state index in [4.69, 9.17) is 4.52 Å². The summed E-state index contributed by atoms with van der Waals surface area (Å²) in [6, 6.07) is 8.47. The Morgan fingerprint density at radius 2 is 1.96 bits per heavy atom. The van der Waals surface area contributed by atoms with Gasteiger partial charge in [-0.3, -0.25) is 0 Å². The summed E-state index contributed by atoms with van der Waals surface area (Å²) in [5.41, 5.74) is 2.41. The molecule has 0 spiro atoms. The fourth-order valence-corrected chi connectivity index (χ4v) is 3.01. The van der Waals surface area contributed by atoms with Gasteiger partial charge in [-0.25, -0.2) is 0 Å². The second-order valence-corrected chi connectivity index (χ2v) is 6.62. The Kier molecular flexibility index (Phi) is 5.16. The molecular formula is C18H26N4O. The number of hydrogen-bond acceptors (Lipinski definition) is 5. The summed E-state index contributed by atoms with van der Waals surface area (Å²) in [5.74, 6) is 1.98. The second-order valence-electron chi connectivity index (χ2n) is 6.62. The standard InChI is InChI=1S/C18H26N4O/c1-14(2)12-17-20-18(23-21-17)13-19-15-8-4-5-9-16(15)22-10-6-3-7-11-22/h4-5,8-9,14,19H,3,6-7,10-13H2,1-2H3. The molecule has 0 amide bonds. The predicted molar refractivity (Wildman–Crippen MR) is 92.7 cm³/mol. The van der Waals surface area contributed by atoms with Crippen LogP contribution >= 0.6 is 0 Å². The summed E-state index contributed by atoms with van der Waals surface area (Å²) in [7, 11) is 0. The summed E-state index contributed by atoms with van der Waals surface area (Å²) in [6.45, 7) is 7.15. The lowest BCUT2D eigenvalue weighted by Crippen LogP contribution is -2.30. The maximum absolute atomic E-state index is 5.34. The van der Waals surface area contributed by atoms with E-state index >= 15 is 0 Å². The third-order valence-corrected chi connectivity index (χ3v) is 4.13. The van der Waals surface area contributed by atoms with Crippen LogP contribution < -0.4 is 10.2 Å². The molecule has 1 aromatic heterocycles. The highest BCUT2D eigenvalue weighted by Gasteiger charge is 2.14. The lowest BCUT2D eigenvalue weighted by atomic mass is 10.1. The van der Waals surface area contributed by atoms with Crippen molar-refractivity contribution in [3.8, 4) is 0 Å². The quantitative estimate of drug-likeness (QED) is 0.877. The van der Waals surface area contributed by atoms with Gasteiger partial charge in [0.05, 0.1) is 17.9 Å². The minimum Gasteiger partial charge on any atom is -0.374 e. The van der Waals surface area contributed by atoms with E-state index in [1.54, 1.807) is 0 Å². The van der Waals surface area contributed by atoms with Crippen LogP contribution in [-0.4, -0.2) is 23.2 Å². The van der Waals surface area contributed by atoms with E-state index in [9.17, 15) is 0 Å². The van der Waals surface area contributed by atoms with Gasteiger partial charge in [-0.2, -0.15) is 4.98 Å². The summed E-state index contributed by atoms with van der Waals surface area (Å²) < 4.78 is 5.34. The predicted octanol–water partition coefficient (Wildman–Crippen LogP) is 3.87. The molecule has 1 N–H and O–H groups in total. The molecule has 0 bridgehead atoms. The van der Waals surface area contributed by atoms with E-state index in [-0.39, 0.29) is 0 Å². The lowest BCUT2D eigenvalue weighted by molar-refractivity contribution is 0.375. The van der Waals surface area contributed by atoms with Gasteiger partial charge in [-0.05, 0) is 37.3 Å². The Labute approximate surface area is 138 Å². The Balaban J connectivity index is 1.65. The molecule has 1 aliphatic heterocycles. The van der Waals surface area contributed by atoms with Crippen LogP contribution in [0.3, 0.4) is 0 Å². The van der Waals surface area contributed by atoms with Crippen LogP contribution in [0, 0.1) is 5.92 Å². The van der Waals surface area contributed by atoms with Crippen LogP contribution in [0.1, 0.15) is 44.8 Å². The van der Waals surface area contributed by atoms with Gasteiger partial charge < -0.3 is 14.7 Å². The van der Waals surface area contributed by atoms with Gasteiger partial charge >= 0.3 is 0 Å². The van der Waals surface area contributed by atoms with E-state index in [0.717, 1.165) is 31.0 Å². The van der Waals surface area contributed by atoms with Gasteiger partial charge in [0.1, 0.15) is 0 Å². The smallest absolute Gasteiger partial charge is 0.245 e. The van der Waals surface area contributed by atoms with E-state index in [2.05, 4.69) is 58.5 Å². The van der Waals surface area contributed by atoms with Crippen LogP contribution in [0.2, 0.25) is 0 Å². The fraction of sp³-hybridized carbons (Fsp3) is 0.556. The Morgan fingerprint density at radius 1 is 1.17 bits per heavy atom. The van der Waals surface area contributed by atoms with Crippen LogP contribution in [0.5, 0.6) is 0 Å². The number of benzene rings is 1. The highest BCUT2D eigenvalue weighted by Crippen LogP contribution is 2.28. The minimum atomic E-state index is 0.535. The maximum Gasteiger partial charge on any atom is 0.245 e. The van der Waals surface area contributed by atoms with Gasteiger partial charge in [0, 0.05) is 19.5 Å². The summed E-state index contributed by atoms with van der Waals surface area (Å²) in [6.07, 6.45) is 4.74. The summed E-state index contributed by atoms with van der Waals surface area (Å²) in [4.78, 5) is 6.92. The molecule has 23 heavy (non-hydrogen) atoms. The molecule has 3 rings (SSSR count). The number of para-hydroxylation sites is 2. The molecule has 1 aromatic carbocycles. The monoisotopic (exact) mass is 314 g/mol. The van der Waals surface area contributed by atoms with E-state index in [1.165, 1.54) is 24.9 Å². The Hall–Kier alpha value is -2.04. The lowest BCUT2D eigenvalue weighted by Gasteiger charge is -2.30. The minimum absolute atomic E-state index is 0.535. The topological polar surface area (TPSA) is 54.2 Å². The van der Waals surface area contributed by atoms with Gasteiger partial charge in [0.2, 0.25) is 5.89 Å². The number of rotatable bonds is 6. The molecule has 0 atom stereocenters. The van der Waals surface area contributed by atoms with Crippen molar-refractivity contribution >= 4 is 11.4 Å². The molecule has 0 radical (unpaired) electrons. The summed E-state index contributed by atoms with van der Waals surface area (Å²) in [5, 5.41) is 7.50. The van der Waals surface area contributed by atoms with Gasteiger partial charge in [-0.1, -0.05) is 31.1 Å². The zero-order chi connectivity index (χ0) is 16.1. The average molecular weight is 314 g/mol. The van der Waals surface area contributed by atoms with Crippen molar-refractivity contribution in [2.45, 2.75) is 46.1 Å². The molecule has 0 unspecified atom stereocenters. The van der Waals surface area contributed by atoms with E-state index in [1.807, 2.05) is 0 Å². The Bertz CT molecular complexity index is 617. The zero-order valence-corrected chi connectivity index (χ0v) is 14.1. The second kappa shape index (κ2) is 7.49. The molecule has 0 aliphatic carbocycles. The van der Waals surface area contributed by atoms with Crippen molar-refractivity contribution in [1.29, 1.82) is 0 Å². The molecular weight excluding hydrogens is 288 g/mol. The van der Waals surface area contributed by atoms with Crippen LogP contribution in [0.4, 0.5) is 11.4 Å². The van der Waals surface area contributed by atoms with Crippen LogP contribution in [0.15, 0.2) is 28.8 Å². The first-order valence-electron chi connectivity index (χ1n) is 8.61. The molecule has 0 saturated carbocycles. The third-order valence-electron chi connectivity index (χ3n) is 4.13. The number of aromatic nitrogens is 2. The molecule has 5 nitrogen and oxygen atoms in total. The van der Waals surface area contributed by atoms with Crippen molar-refractivity contribution in [3.63, 3.8) is 0 Å². The number of hydrogen-bond donors (Lipinski definition) is 1. The molecule has 1 saturated heterocycles. The van der Waals surface area contributed by atoms with Crippen molar-refractivity contribution in [2.24, 2.45) is 5.92 Å². The molecule has 1 aliphatic rings. The third kappa shape index (κ3) is 4.24. The number of piperidine rings is 1. The average Bonchev–Trinajstić information content (AvgIpc) is 3.01. The van der Waals surface area contributed by atoms with E-state index in [0.29, 0.717) is 18.4 Å². The van der Waals surface area contributed by atoms with Crippen LogP contribution in [-0.2, 0) is 13.0 Å². The molecule has 2 heterocycles. The van der Waals surface area contributed by atoms with Gasteiger partial charge in [0.15, 0.2) is 5.82 Å². The normalized spacial score (nSPS) is 15.2. The zero-order valence-electron chi connectivity index (χ0n) is 14.1. The Morgan fingerprint density at radius 3 is 2.74 bits per heavy atom. The fourth-order valence-electron chi connectivity index (χ4n) is 3.01. The van der Waals surface area contributed by atoms with Crippen LogP contribution in [0.25, 0.3) is 0 Å². The first kappa shape index (κ1) is 15.8. The largest absolute Gasteiger partial charge is 0.374 e. The molecule has 2 aromatic rings. The molecule has 1 fully saturated rings. The van der Waals surface area contributed by atoms with Gasteiger partial charge in [0.25, 0.3) is 0 Å². The van der Waals surface area contributed by atoms with Gasteiger partial charge in [-0.15, -0.1) is 0 Å². The number of anilines is 2. The van der Waals surface area contributed by atoms with Crippen molar-refractivity contribution < 1.29 is 4.52 Å². The molecule has 124 valence electrons. The first-order valence-corrected chi connectivity index (χ1v) is 8.61. The van der Waals surface area contributed by atoms with Crippen molar-refractivity contribution in [3.05, 3.63) is 36.0 Å². The SMILES string of the molecule is CC(C)Cc1noc(CNc2ccccc2N2CCCCC2)n1. The van der Waals surface area contributed by atoms with Crippen molar-refractivity contribution in [1.82, 2.24) is 10.1 Å².